The molecule has 0 amide bonds. The van der Waals surface area contributed by atoms with E-state index in [-0.39, 0.29) is 24.0 Å². The minimum Gasteiger partial charge on any atom is -0.385 e. The van der Waals surface area contributed by atoms with E-state index in [1.54, 1.807) is 7.11 Å². The molecule has 0 saturated carbocycles. The van der Waals surface area contributed by atoms with E-state index in [0.29, 0.717) is 6.54 Å². The molecule has 0 bridgehead atoms. The van der Waals surface area contributed by atoms with Gasteiger partial charge in [-0.25, -0.2) is 9.98 Å². The molecule has 1 fully saturated rings. The number of guanidine groups is 1. The summed E-state index contributed by atoms with van der Waals surface area (Å²) in [4.78, 5) is 11.7. The van der Waals surface area contributed by atoms with E-state index in [2.05, 4.69) is 39.6 Å². The highest BCUT2D eigenvalue weighted by molar-refractivity contribution is 14.0. The lowest BCUT2D eigenvalue weighted by molar-refractivity contribution is 0.195. The molecule has 148 valence electrons. The molecule has 0 aliphatic carbocycles. The fraction of sp³-hybridized carbons (Fsp3) is 0.684. The molecular formula is C19H34IN5O. The van der Waals surface area contributed by atoms with Gasteiger partial charge < -0.3 is 20.3 Å². The van der Waals surface area contributed by atoms with Crippen LogP contribution in [0.3, 0.4) is 0 Å². The molecular weight excluding hydrogens is 441 g/mol. The van der Waals surface area contributed by atoms with Gasteiger partial charge in [0.2, 0.25) is 0 Å². The minimum absolute atomic E-state index is 0. The summed E-state index contributed by atoms with van der Waals surface area (Å²) in [7, 11) is 1.73. The van der Waals surface area contributed by atoms with Crippen molar-refractivity contribution in [1.29, 1.82) is 0 Å². The lowest BCUT2D eigenvalue weighted by atomic mass is 10.2. The van der Waals surface area contributed by atoms with E-state index >= 15 is 0 Å². The van der Waals surface area contributed by atoms with Gasteiger partial charge in [-0.2, -0.15) is 0 Å². The van der Waals surface area contributed by atoms with Gasteiger partial charge in [-0.05, 0) is 43.9 Å². The maximum atomic E-state index is 5.08. The Balaban J connectivity index is 0.00000338. The molecule has 2 N–H and O–H groups in total. The standard InChI is InChI=1S/C19H33N5O.HI/c1-3-20-19(22-10-8-14-25-2)23-16-17-9-11-21-18(15-17)24-12-6-4-5-7-13-24;/h9,11,15H,3-8,10,12-14,16H2,1-2H3,(H2,20,22,23);1H. The molecule has 1 saturated heterocycles. The molecule has 6 nitrogen and oxygen atoms in total. The molecule has 2 heterocycles. The summed E-state index contributed by atoms with van der Waals surface area (Å²) in [5.41, 5.74) is 1.20. The second kappa shape index (κ2) is 14.0. The molecule has 1 aromatic rings. The van der Waals surface area contributed by atoms with E-state index in [9.17, 15) is 0 Å². The maximum absolute atomic E-state index is 5.08. The molecule has 0 aromatic carbocycles. The van der Waals surface area contributed by atoms with Crippen molar-refractivity contribution in [3.8, 4) is 0 Å². The average molecular weight is 475 g/mol. The Morgan fingerprint density at radius 1 is 1.23 bits per heavy atom. The molecule has 0 radical (unpaired) electrons. The number of rotatable bonds is 8. The van der Waals surface area contributed by atoms with Crippen molar-refractivity contribution in [2.45, 2.75) is 45.6 Å². The first-order valence-electron chi connectivity index (χ1n) is 9.54. The molecule has 0 spiro atoms. The van der Waals surface area contributed by atoms with Crippen molar-refractivity contribution >= 4 is 35.8 Å². The second-order valence-electron chi connectivity index (χ2n) is 6.39. The van der Waals surface area contributed by atoms with Crippen LogP contribution in [-0.4, -0.2) is 50.8 Å². The largest absolute Gasteiger partial charge is 0.385 e. The highest BCUT2D eigenvalue weighted by Crippen LogP contribution is 2.18. The van der Waals surface area contributed by atoms with Gasteiger partial charge >= 0.3 is 0 Å². The van der Waals surface area contributed by atoms with Crippen molar-refractivity contribution in [2.75, 3.05) is 44.8 Å². The monoisotopic (exact) mass is 475 g/mol. The molecule has 1 aliphatic heterocycles. The number of hydrogen-bond acceptors (Lipinski definition) is 4. The maximum Gasteiger partial charge on any atom is 0.191 e. The Kier molecular flexibility index (Phi) is 12.4. The first-order valence-corrected chi connectivity index (χ1v) is 9.54. The fourth-order valence-corrected chi connectivity index (χ4v) is 2.97. The van der Waals surface area contributed by atoms with E-state index in [0.717, 1.165) is 51.0 Å². The average Bonchev–Trinajstić information content (AvgIpc) is 2.93. The van der Waals surface area contributed by atoms with Gasteiger partial charge in [0, 0.05) is 46.1 Å². The highest BCUT2D eigenvalue weighted by Gasteiger charge is 2.11. The third kappa shape index (κ3) is 8.53. The molecule has 26 heavy (non-hydrogen) atoms. The summed E-state index contributed by atoms with van der Waals surface area (Å²) in [5, 5.41) is 6.63. The predicted molar refractivity (Wildman–Crippen MR) is 120 cm³/mol. The van der Waals surface area contributed by atoms with Crippen LogP contribution < -0.4 is 15.5 Å². The van der Waals surface area contributed by atoms with Crippen molar-refractivity contribution in [1.82, 2.24) is 15.6 Å². The number of nitrogens with one attached hydrogen (secondary N) is 2. The molecule has 2 rings (SSSR count). The van der Waals surface area contributed by atoms with Gasteiger partial charge in [0.1, 0.15) is 5.82 Å². The second-order valence-corrected chi connectivity index (χ2v) is 6.39. The first kappa shape index (κ1) is 23.0. The number of ether oxygens (including phenoxy) is 1. The molecule has 1 aromatic heterocycles. The Hall–Kier alpha value is -1.09. The van der Waals surface area contributed by atoms with Gasteiger partial charge in [-0.15, -0.1) is 24.0 Å². The van der Waals surface area contributed by atoms with Gasteiger partial charge in [-0.1, -0.05) is 12.8 Å². The molecule has 0 atom stereocenters. The SMILES string of the molecule is CCNC(=NCc1ccnc(N2CCCCCC2)c1)NCCCOC.I. The Bertz CT molecular complexity index is 518. The summed E-state index contributed by atoms with van der Waals surface area (Å²) >= 11 is 0. The van der Waals surface area contributed by atoms with E-state index in [1.807, 2.05) is 6.20 Å². The summed E-state index contributed by atoms with van der Waals surface area (Å²) in [6.07, 6.45) is 8.07. The number of aromatic nitrogens is 1. The van der Waals surface area contributed by atoms with Crippen molar-refractivity contribution < 1.29 is 4.74 Å². The zero-order valence-corrected chi connectivity index (χ0v) is 18.5. The van der Waals surface area contributed by atoms with Gasteiger partial charge in [0.15, 0.2) is 5.96 Å². The fourth-order valence-electron chi connectivity index (χ4n) is 2.97. The van der Waals surface area contributed by atoms with Crippen LogP contribution in [-0.2, 0) is 11.3 Å². The zero-order chi connectivity index (χ0) is 17.7. The Morgan fingerprint density at radius 2 is 2.00 bits per heavy atom. The first-order chi connectivity index (χ1) is 12.3. The smallest absolute Gasteiger partial charge is 0.191 e. The molecule has 0 unspecified atom stereocenters. The van der Waals surface area contributed by atoms with Crippen LogP contribution in [0.4, 0.5) is 5.82 Å². The Labute approximate surface area is 175 Å². The number of anilines is 1. The van der Waals surface area contributed by atoms with Crippen molar-refractivity contribution in [3.05, 3.63) is 23.9 Å². The van der Waals surface area contributed by atoms with Crippen LogP contribution in [0.2, 0.25) is 0 Å². The van der Waals surface area contributed by atoms with Crippen molar-refractivity contribution in [2.24, 2.45) is 4.99 Å². The predicted octanol–water partition coefficient (Wildman–Crippen LogP) is 3.17. The number of hydrogen-bond donors (Lipinski definition) is 2. The minimum atomic E-state index is 0. The third-order valence-corrected chi connectivity index (χ3v) is 4.32. The van der Waals surface area contributed by atoms with E-state index in [1.165, 1.54) is 31.2 Å². The summed E-state index contributed by atoms with van der Waals surface area (Å²) in [5.74, 6) is 1.94. The lowest BCUT2D eigenvalue weighted by Gasteiger charge is -2.21. The van der Waals surface area contributed by atoms with Gasteiger partial charge in [0.05, 0.1) is 6.54 Å². The zero-order valence-electron chi connectivity index (χ0n) is 16.2. The van der Waals surface area contributed by atoms with Gasteiger partial charge in [-0.3, -0.25) is 0 Å². The van der Waals surface area contributed by atoms with E-state index < -0.39 is 0 Å². The topological polar surface area (TPSA) is 61.8 Å². The van der Waals surface area contributed by atoms with Gasteiger partial charge in [0.25, 0.3) is 0 Å². The van der Waals surface area contributed by atoms with Crippen LogP contribution in [0.5, 0.6) is 0 Å². The molecule has 7 heteroatoms. The summed E-state index contributed by atoms with van der Waals surface area (Å²) < 4.78 is 5.08. The van der Waals surface area contributed by atoms with E-state index in [4.69, 9.17) is 9.73 Å². The number of halogens is 1. The third-order valence-electron chi connectivity index (χ3n) is 4.32. The number of pyridine rings is 1. The normalized spacial score (nSPS) is 15.2. The number of nitrogens with zero attached hydrogens (tertiary/aromatic N) is 3. The Morgan fingerprint density at radius 3 is 2.69 bits per heavy atom. The highest BCUT2D eigenvalue weighted by atomic mass is 127. The van der Waals surface area contributed by atoms with Crippen LogP contribution in [0.1, 0.15) is 44.6 Å². The summed E-state index contributed by atoms with van der Waals surface area (Å²) in [6.45, 7) is 7.43. The van der Waals surface area contributed by atoms with Crippen LogP contribution in [0, 0.1) is 0 Å². The lowest BCUT2D eigenvalue weighted by Crippen LogP contribution is -2.38. The van der Waals surface area contributed by atoms with Crippen LogP contribution in [0.25, 0.3) is 0 Å². The quantitative estimate of drug-likeness (QED) is 0.262. The summed E-state index contributed by atoms with van der Waals surface area (Å²) in [6, 6.07) is 4.24. The number of aliphatic imine (C=N–C) groups is 1. The number of methoxy groups -OCH3 is 1. The van der Waals surface area contributed by atoms with Crippen LogP contribution in [0.15, 0.2) is 23.3 Å². The molecule has 1 aliphatic rings. The van der Waals surface area contributed by atoms with Crippen LogP contribution >= 0.6 is 24.0 Å². The van der Waals surface area contributed by atoms with Crippen molar-refractivity contribution in [3.63, 3.8) is 0 Å².